The molecule has 114 valence electrons. The van der Waals surface area contributed by atoms with Crippen LogP contribution in [0.15, 0.2) is 24.3 Å². The van der Waals surface area contributed by atoms with E-state index in [1.165, 1.54) is 0 Å². The zero-order valence-electron chi connectivity index (χ0n) is 12.0. The first-order valence-corrected chi connectivity index (χ1v) is 7.51. The molecule has 0 radical (unpaired) electrons. The topological polar surface area (TPSA) is 59.0 Å². The van der Waals surface area contributed by atoms with Crippen LogP contribution in [0.4, 0.5) is 0 Å². The highest BCUT2D eigenvalue weighted by atomic mass is 16.5. The van der Waals surface area contributed by atoms with Crippen LogP contribution in [0.1, 0.15) is 23.2 Å². The monoisotopic (exact) mass is 291 g/mol. The molecule has 1 aromatic carbocycles. The molecule has 2 heterocycles. The Morgan fingerprint density at radius 1 is 1.38 bits per heavy atom. The van der Waals surface area contributed by atoms with Gasteiger partial charge in [0.15, 0.2) is 0 Å². The number of carbonyl (C=O) groups is 1. The molecular weight excluding hydrogens is 270 g/mol. The number of likely N-dealkylation sites (tertiary alicyclic amines) is 1. The van der Waals surface area contributed by atoms with Gasteiger partial charge in [0.2, 0.25) is 0 Å². The smallest absolute Gasteiger partial charge is 0.257 e. The summed E-state index contributed by atoms with van der Waals surface area (Å²) in [6.45, 7) is 2.67. The van der Waals surface area contributed by atoms with Crippen molar-refractivity contribution in [1.82, 2.24) is 4.90 Å². The van der Waals surface area contributed by atoms with Crippen molar-refractivity contribution < 1.29 is 19.4 Å². The van der Waals surface area contributed by atoms with Gasteiger partial charge in [0.25, 0.3) is 5.91 Å². The Labute approximate surface area is 124 Å². The maximum absolute atomic E-state index is 12.4. The second kappa shape index (κ2) is 6.45. The fourth-order valence-electron chi connectivity index (χ4n) is 2.75. The van der Waals surface area contributed by atoms with E-state index in [0.29, 0.717) is 31.0 Å². The maximum Gasteiger partial charge on any atom is 0.257 e. The SMILES string of the molecule is O=C(c1ccccc1OC[C@@H]1CCCO1)N1CC(CO)C1. The first kappa shape index (κ1) is 14.4. The summed E-state index contributed by atoms with van der Waals surface area (Å²) in [5.41, 5.74) is 0.590. The molecule has 0 saturated carbocycles. The molecule has 2 saturated heterocycles. The number of rotatable bonds is 5. The van der Waals surface area contributed by atoms with Crippen LogP contribution in [0.5, 0.6) is 5.75 Å². The highest BCUT2D eigenvalue weighted by Gasteiger charge is 2.31. The molecule has 2 fully saturated rings. The molecule has 1 N–H and O–H groups in total. The summed E-state index contributed by atoms with van der Waals surface area (Å²) in [5.74, 6) is 0.807. The Kier molecular flexibility index (Phi) is 4.41. The van der Waals surface area contributed by atoms with Crippen LogP contribution in [0.2, 0.25) is 0 Å². The molecule has 0 bridgehead atoms. The zero-order chi connectivity index (χ0) is 14.7. The number of hydrogen-bond donors (Lipinski definition) is 1. The Hall–Kier alpha value is -1.59. The quantitative estimate of drug-likeness (QED) is 0.888. The zero-order valence-corrected chi connectivity index (χ0v) is 12.0. The average Bonchev–Trinajstić information content (AvgIpc) is 2.97. The number of aliphatic hydroxyl groups excluding tert-OH is 1. The largest absolute Gasteiger partial charge is 0.490 e. The van der Waals surface area contributed by atoms with Crippen molar-refractivity contribution >= 4 is 5.91 Å². The van der Waals surface area contributed by atoms with E-state index in [0.717, 1.165) is 19.4 Å². The number of ether oxygens (including phenoxy) is 2. The minimum atomic E-state index is -0.0253. The standard InChI is InChI=1S/C16H21NO4/c18-10-12-8-17(9-12)16(19)14-5-1-2-6-15(14)21-11-13-4-3-7-20-13/h1-2,5-6,12-13,18H,3-4,7-11H2/t13-/m0/s1. The molecule has 5 nitrogen and oxygen atoms in total. The fraction of sp³-hybridized carbons (Fsp3) is 0.562. The van der Waals surface area contributed by atoms with E-state index in [-0.39, 0.29) is 24.5 Å². The molecule has 0 unspecified atom stereocenters. The predicted molar refractivity (Wildman–Crippen MR) is 77.4 cm³/mol. The molecule has 21 heavy (non-hydrogen) atoms. The van der Waals surface area contributed by atoms with Crippen molar-refractivity contribution in [2.24, 2.45) is 5.92 Å². The summed E-state index contributed by atoms with van der Waals surface area (Å²) in [6, 6.07) is 7.33. The van der Waals surface area contributed by atoms with Gasteiger partial charge in [-0.15, -0.1) is 0 Å². The van der Waals surface area contributed by atoms with Gasteiger partial charge in [0, 0.05) is 32.2 Å². The number of aliphatic hydroxyl groups is 1. The van der Waals surface area contributed by atoms with Crippen molar-refractivity contribution in [3.05, 3.63) is 29.8 Å². The Morgan fingerprint density at radius 2 is 2.19 bits per heavy atom. The predicted octanol–water partition coefficient (Wildman–Crippen LogP) is 1.31. The van der Waals surface area contributed by atoms with Crippen LogP contribution in [0.25, 0.3) is 0 Å². The van der Waals surface area contributed by atoms with Crippen LogP contribution in [-0.4, -0.2) is 54.9 Å². The minimum absolute atomic E-state index is 0.0253. The molecule has 0 aliphatic carbocycles. The molecule has 1 amide bonds. The molecule has 0 spiro atoms. The van der Waals surface area contributed by atoms with Gasteiger partial charge < -0.3 is 19.5 Å². The van der Waals surface area contributed by atoms with E-state index in [9.17, 15) is 4.79 Å². The minimum Gasteiger partial charge on any atom is -0.490 e. The molecule has 1 aromatic rings. The summed E-state index contributed by atoms with van der Waals surface area (Å²) >= 11 is 0. The second-order valence-corrected chi connectivity index (χ2v) is 5.70. The lowest BCUT2D eigenvalue weighted by Gasteiger charge is -2.38. The van der Waals surface area contributed by atoms with Crippen LogP contribution >= 0.6 is 0 Å². The van der Waals surface area contributed by atoms with Crippen molar-refractivity contribution in [3.63, 3.8) is 0 Å². The molecule has 1 atom stereocenters. The van der Waals surface area contributed by atoms with Crippen LogP contribution in [-0.2, 0) is 4.74 Å². The van der Waals surface area contributed by atoms with Gasteiger partial charge in [-0.05, 0) is 25.0 Å². The molecule has 2 aliphatic rings. The van der Waals surface area contributed by atoms with E-state index in [4.69, 9.17) is 14.6 Å². The number of para-hydroxylation sites is 1. The third kappa shape index (κ3) is 3.19. The number of nitrogens with zero attached hydrogens (tertiary/aromatic N) is 1. The number of benzene rings is 1. The van der Waals surface area contributed by atoms with E-state index in [1.54, 1.807) is 11.0 Å². The Bertz CT molecular complexity index is 493. The third-order valence-corrected chi connectivity index (χ3v) is 4.07. The Balaban J connectivity index is 1.63. The highest BCUT2D eigenvalue weighted by molar-refractivity contribution is 5.97. The summed E-state index contributed by atoms with van der Waals surface area (Å²) in [6.07, 6.45) is 2.22. The van der Waals surface area contributed by atoms with E-state index >= 15 is 0 Å². The van der Waals surface area contributed by atoms with E-state index in [1.807, 2.05) is 18.2 Å². The second-order valence-electron chi connectivity index (χ2n) is 5.70. The lowest BCUT2D eigenvalue weighted by atomic mass is 10.00. The van der Waals surface area contributed by atoms with Crippen LogP contribution in [0.3, 0.4) is 0 Å². The lowest BCUT2D eigenvalue weighted by molar-refractivity contribution is 0.0352. The van der Waals surface area contributed by atoms with Crippen LogP contribution < -0.4 is 4.74 Å². The van der Waals surface area contributed by atoms with Gasteiger partial charge in [-0.3, -0.25) is 4.79 Å². The summed E-state index contributed by atoms with van der Waals surface area (Å²) in [5, 5.41) is 9.04. The van der Waals surface area contributed by atoms with Gasteiger partial charge in [0.1, 0.15) is 12.4 Å². The van der Waals surface area contributed by atoms with Crippen molar-refractivity contribution in [2.45, 2.75) is 18.9 Å². The van der Waals surface area contributed by atoms with Crippen molar-refractivity contribution in [1.29, 1.82) is 0 Å². The summed E-state index contributed by atoms with van der Waals surface area (Å²) in [4.78, 5) is 14.2. The molecular formula is C16H21NO4. The number of hydrogen-bond acceptors (Lipinski definition) is 4. The summed E-state index contributed by atoms with van der Waals surface area (Å²) in [7, 11) is 0. The molecule has 2 aliphatic heterocycles. The van der Waals surface area contributed by atoms with E-state index in [2.05, 4.69) is 0 Å². The lowest BCUT2D eigenvalue weighted by Crippen LogP contribution is -2.51. The molecule has 0 aromatic heterocycles. The number of carbonyl (C=O) groups excluding carboxylic acids is 1. The molecule has 3 rings (SSSR count). The first-order valence-electron chi connectivity index (χ1n) is 7.51. The van der Waals surface area contributed by atoms with Crippen molar-refractivity contribution in [3.8, 4) is 5.75 Å². The maximum atomic E-state index is 12.4. The third-order valence-electron chi connectivity index (χ3n) is 4.07. The van der Waals surface area contributed by atoms with Gasteiger partial charge in [0.05, 0.1) is 11.7 Å². The van der Waals surface area contributed by atoms with Gasteiger partial charge in [-0.25, -0.2) is 0 Å². The molecule has 5 heteroatoms. The van der Waals surface area contributed by atoms with Gasteiger partial charge in [-0.2, -0.15) is 0 Å². The summed E-state index contributed by atoms with van der Waals surface area (Å²) < 4.78 is 11.3. The number of amides is 1. The van der Waals surface area contributed by atoms with Gasteiger partial charge >= 0.3 is 0 Å². The first-order chi connectivity index (χ1) is 10.3. The normalized spacial score (nSPS) is 22.1. The Morgan fingerprint density at radius 3 is 2.90 bits per heavy atom. The van der Waals surface area contributed by atoms with Crippen molar-refractivity contribution in [2.75, 3.05) is 32.9 Å². The van der Waals surface area contributed by atoms with Gasteiger partial charge in [-0.1, -0.05) is 12.1 Å². The van der Waals surface area contributed by atoms with E-state index < -0.39 is 0 Å². The van der Waals surface area contributed by atoms with Crippen LogP contribution in [0, 0.1) is 5.92 Å². The highest BCUT2D eigenvalue weighted by Crippen LogP contribution is 2.25. The fourth-order valence-corrected chi connectivity index (χ4v) is 2.75. The average molecular weight is 291 g/mol.